The van der Waals surface area contributed by atoms with E-state index in [1.165, 1.54) is 22.3 Å². The number of benzene rings is 5. The second kappa shape index (κ2) is 12.7. The molecule has 0 N–H and O–H groups in total. The van der Waals surface area contributed by atoms with Gasteiger partial charge in [-0.25, -0.2) is 0 Å². The maximum Gasteiger partial charge on any atom is 0.0937 e. The van der Waals surface area contributed by atoms with Crippen LogP contribution in [0.3, 0.4) is 0 Å². The van der Waals surface area contributed by atoms with E-state index in [-0.39, 0.29) is 0 Å². The zero-order chi connectivity index (χ0) is 28.8. The number of hydrogen-bond acceptors (Lipinski definition) is 6. The van der Waals surface area contributed by atoms with Gasteiger partial charge in [0.15, 0.2) is 0 Å². The molecule has 0 aliphatic heterocycles. The number of aryl methyl sites for hydroxylation is 1. The standard InChI is InChI=1S/C35H38N6/c1-6-40(7-2)33-16-12-15-29-32(23-24-34(35(29)33)41(8-3)9-4)39-38-31-22-21-30(27-13-10-11-14-28(27)31)37-36-26-19-17-25(5)18-20-26/h10-24H,6-9H2,1-5H3. The van der Waals surface area contributed by atoms with Crippen molar-refractivity contribution in [2.45, 2.75) is 34.6 Å². The van der Waals surface area contributed by atoms with Crippen LogP contribution in [0.5, 0.6) is 0 Å². The van der Waals surface area contributed by atoms with Crippen LogP contribution in [0.15, 0.2) is 111 Å². The molecule has 5 aromatic rings. The number of fused-ring (bicyclic) bond motifs is 2. The Morgan fingerprint density at radius 3 is 1.49 bits per heavy atom. The van der Waals surface area contributed by atoms with Crippen LogP contribution in [-0.2, 0) is 0 Å². The van der Waals surface area contributed by atoms with Crippen LogP contribution in [0.2, 0.25) is 0 Å². The zero-order valence-corrected chi connectivity index (χ0v) is 24.7. The Balaban J connectivity index is 1.58. The third-order valence-electron chi connectivity index (χ3n) is 7.63. The molecule has 0 heterocycles. The molecule has 0 saturated heterocycles. The van der Waals surface area contributed by atoms with Crippen molar-refractivity contribution in [1.82, 2.24) is 0 Å². The van der Waals surface area contributed by atoms with Crippen LogP contribution in [0.4, 0.5) is 34.1 Å². The van der Waals surface area contributed by atoms with E-state index in [0.717, 1.165) is 65.1 Å². The van der Waals surface area contributed by atoms with E-state index in [4.69, 9.17) is 10.2 Å². The summed E-state index contributed by atoms with van der Waals surface area (Å²) in [5.41, 5.74) is 6.96. The highest BCUT2D eigenvalue weighted by atomic mass is 15.2. The quantitative estimate of drug-likeness (QED) is 0.165. The van der Waals surface area contributed by atoms with Gasteiger partial charge < -0.3 is 9.80 Å². The second-order valence-corrected chi connectivity index (χ2v) is 10.0. The molecule has 41 heavy (non-hydrogen) atoms. The first-order chi connectivity index (χ1) is 20.1. The maximum atomic E-state index is 4.82. The van der Waals surface area contributed by atoms with Crippen molar-refractivity contribution in [2.75, 3.05) is 36.0 Å². The lowest BCUT2D eigenvalue weighted by atomic mass is 10.0. The Bertz CT molecular complexity index is 1680. The fourth-order valence-electron chi connectivity index (χ4n) is 5.37. The molecule has 0 unspecified atom stereocenters. The Morgan fingerprint density at radius 2 is 0.927 bits per heavy atom. The van der Waals surface area contributed by atoms with Crippen molar-refractivity contribution in [3.63, 3.8) is 0 Å². The summed E-state index contributed by atoms with van der Waals surface area (Å²) in [4.78, 5) is 4.82. The van der Waals surface area contributed by atoms with Gasteiger partial charge in [-0.05, 0) is 77.1 Å². The van der Waals surface area contributed by atoms with E-state index in [9.17, 15) is 0 Å². The van der Waals surface area contributed by atoms with E-state index in [1.54, 1.807) is 0 Å². The number of hydrogen-bond donors (Lipinski definition) is 0. The Labute approximate surface area is 243 Å². The zero-order valence-electron chi connectivity index (χ0n) is 24.7. The Hall–Kier alpha value is -4.58. The molecule has 208 valence electrons. The monoisotopic (exact) mass is 542 g/mol. The minimum Gasteiger partial charge on any atom is -0.372 e. The molecule has 0 aromatic heterocycles. The Kier molecular flexibility index (Phi) is 8.68. The first-order valence-electron chi connectivity index (χ1n) is 14.5. The fourth-order valence-corrected chi connectivity index (χ4v) is 5.37. The third kappa shape index (κ3) is 5.82. The van der Waals surface area contributed by atoms with Gasteiger partial charge in [-0.3, -0.25) is 0 Å². The second-order valence-electron chi connectivity index (χ2n) is 10.0. The molecule has 0 spiro atoms. The van der Waals surface area contributed by atoms with Gasteiger partial charge in [0.05, 0.1) is 22.7 Å². The van der Waals surface area contributed by atoms with Crippen molar-refractivity contribution in [3.05, 3.63) is 96.6 Å². The van der Waals surface area contributed by atoms with Gasteiger partial charge >= 0.3 is 0 Å². The van der Waals surface area contributed by atoms with Crippen molar-refractivity contribution >= 4 is 55.7 Å². The van der Waals surface area contributed by atoms with Gasteiger partial charge in [-0.1, -0.05) is 54.1 Å². The van der Waals surface area contributed by atoms with Crippen LogP contribution >= 0.6 is 0 Å². The molecule has 5 rings (SSSR count). The summed E-state index contributed by atoms with van der Waals surface area (Å²) in [5, 5.41) is 22.9. The summed E-state index contributed by atoms with van der Waals surface area (Å²) in [6.07, 6.45) is 0. The van der Waals surface area contributed by atoms with Gasteiger partial charge in [0.25, 0.3) is 0 Å². The number of rotatable bonds is 10. The van der Waals surface area contributed by atoms with Gasteiger partial charge in [0.1, 0.15) is 0 Å². The van der Waals surface area contributed by atoms with Crippen molar-refractivity contribution in [2.24, 2.45) is 20.5 Å². The van der Waals surface area contributed by atoms with Crippen molar-refractivity contribution in [3.8, 4) is 0 Å². The van der Waals surface area contributed by atoms with E-state index in [2.05, 4.69) is 97.1 Å². The third-order valence-corrected chi connectivity index (χ3v) is 7.63. The van der Waals surface area contributed by atoms with E-state index in [0.29, 0.717) is 0 Å². The van der Waals surface area contributed by atoms with Crippen LogP contribution in [0.25, 0.3) is 21.5 Å². The number of nitrogens with zero attached hydrogens (tertiary/aromatic N) is 6. The molecule has 0 amide bonds. The molecular weight excluding hydrogens is 504 g/mol. The predicted molar refractivity (Wildman–Crippen MR) is 175 cm³/mol. The maximum absolute atomic E-state index is 4.82. The largest absolute Gasteiger partial charge is 0.372 e. The van der Waals surface area contributed by atoms with Crippen LogP contribution in [0, 0.1) is 6.92 Å². The lowest BCUT2D eigenvalue weighted by Gasteiger charge is -2.28. The molecule has 6 heteroatoms. The first kappa shape index (κ1) is 28.0. The van der Waals surface area contributed by atoms with Crippen LogP contribution in [-0.4, -0.2) is 26.2 Å². The van der Waals surface area contributed by atoms with Crippen molar-refractivity contribution < 1.29 is 0 Å². The highest BCUT2D eigenvalue weighted by Crippen LogP contribution is 2.41. The van der Waals surface area contributed by atoms with Crippen LogP contribution < -0.4 is 9.80 Å². The lowest BCUT2D eigenvalue weighted by Crippen LogP contribution is -2.25. The lowest BCUT2D eigenvalue weighted by molar-refractivity contribution is 0.861. The fraction of sp³-hybridized carbons (Fsp3) is 0.257. The van der Waals surface area contributed by atoms with Crippen LogP contribution in [0.1, 0.15) is 33.3 Å². The minimum absolute atomic E-state index is 0.802. The molecule has 6 nitrogen and oxygen atoms in total. The SMILES string of the molecule is CCN(CC)c1cccc2c(N=Nc3ccc(N=Nc4ccc(C)cc4)c4ccccc34)ccc(N(CC)CC)c12. The summed E-state index contributed by atoms with van der Waals surface area (Å²) < 4.78 is 0. The topological polar surface area (TPSA) is 55.9 Å². The minimum atomic E-state index is 0.802. The molecule has 0 aliphatic carbocycles. The number of azo groups is 2. The van der Waals surface area contributed by atoms with Gasteiger partial charge in [0.2, 0.25) is 0 Å². The summed E-state index contributed by atoms with van der Waals surface area (Å²) in [5.74, 6) is 0. The van der Waals surface area contributed by atoms with E-state index >= 15 is 0 Å². The highest BCUT2D eigenvalue weighted by molar-refractivity contribution is 6.09. The molecule has 0 bridgehead atoms. The number of anilines is 2. The summed E-state index contributed by atoms with van der Waals surface area (Å²) in [6.45, 7) is 14.7. The summed E-state index contributed by atoms with van der Waals surface area (Å²) in [7, 11) is 0. The average Bonchev–Trinajstić information content (AvgIpc) is 3.01. The molecule has 0 fully saturated rings. The highest BCUT2D eigenvalue weighted by Gasteiger charge is 2.16. The van der Waals surface area contributed by atoms with Crippen molar-refractivity contribution in [1.29, 1.82) is 0 Å². The first-order valence-corrected chi connectivity index (χ1v) is 14.5. The average molecular weight is 543 g/mol. The summed E-state index contributed by atoms with van der Waals surface area (Å²) >= 11 is 0. The smallest absolute Gasteiger partial charge is 0.0937 e. The summed E-state index contributed by atoms with van der Waals surface area (Å²) in [6, 6.07) is 30.9. The van der Waals surface area contributed by atoms with E-state index < -0.39 is 0 Å². The normalized spacial score (nSPS) is 11.7. The molecule has 0 atom stereocenters. The molecule has 5 aromatic carbocycles. The molecule has 0 saturated carbocycles. The van der Waals surface area contributed by atoms with Gasteiger partial charge in [-0.2, -0.15) is 5.11 Å². The van der Waals surface area contributed by atoms with Gasteiger partial charge in [0, 0.05) is 59.1 Å². The molecular formula is C35H38N6. The predicted octanol–water partition coefficient (Wildman–Crippen LogP) is 10.8. The van der Waals surface area contributed by atoms with Gasteiger partial charge in [-0.15, -0.1) is 15.3 Å². The molecule has 0 radical (unpaired) electrons. The molecule has 0 aliphatic rings. The van der Waals surface area contributed by atoms with E-state index in [1.807, 2.05) is 48.5 Å². The Morgan fingerprint density at radius 1 is 0.463 bits per heavy atom.